The summed E-state index contributed by atoms with van der Waals surface area (Å²) in [6, 6.07) is 0.883. The van der Waals surface area contributed by atoms with Gasteiger partial charge in [-0.05, 0) is 44.2 Å². The lowest BCUT2D eigenvalue weighted by molar-refractivity contribution is 0.155. The van der Waals surface area contributed by atoms with Crippen molar-refractivity contribution in [2.24, 2.45) is 11.1 Å². The zero-order valence-electron chi connectivity index (χ0n) is 10.8. The molecule has 2 nitrogen and oxygen atoms in total. The van der Waals surface area contributed by atoms with Crippen LogP contribution in [0.15, 0.2) is 0 Å². The van der Waals surface area contributed by atoms with Crippen molar-refractivity contribution in [1.29, 1.82) is 0 Å². The van der Waals surface area contributed by atoms with Gasteiger partial charge >= 0.3 is 0 Å². The maximum absolute atomic E-state index is 5.89. The molecule has 0 aromatic carbocycles. The molecule has 1 aliphatic carbocycles. The molecule has 0 heterocycles. The summed E-state index contributed by atoms with van der Waals surface area (Å²) in [6.45, 7) is 10.2. The standard InChI is InChI=1S/C13H28N2/c1-4-6-9-15(12-7-8-12)11-13(3,5-2)10-14/h12H,4-11,14H2,1-3H3. The van der Waals surface area contributed by atoms with Crippen LogP contribution in [0.25, 0.3) is 0 Å². The molecule has 0 aliphatic heterocycles. The Morgan fingerprint density at radius 1 is 1.33 bits per heavy atom. The summed E-state index contributed by atoms with van der Waals surface area (Å²) >= 11 is 0. The predicted octanol–water partition coefficient (Wildman–Crippen LogP) is 2.63. The third kappa shape index (κ3) is 4.12. The number of nitrogens with two attached hydrogens (primary N) is 1. The van der Waals surface area contributed by atoms with E-state index < -0.39 is 0 Å². The van der Waals surface area contributed by atoms with Gasteiger partial charge in [-0.2, -0.15) is 0 Å². The van der Waals surface area contributed by atoms with Crippen LogP contribution in [0.3, 0.4) is 0 Å². The first-order chi connectivity index (χ1) is 7.15. The Kier molecular flexibility index (Phi) is 5.07. The molecule has 1 fully saturated rings. The maximum Gasteiger partial charge on any atom is 0.00966 e. The van der Waals surface area contributed by atoms with Gasteiger partial charge in [-0.3, -0.25) is 4.90 Å². The van der Waals surface area contributed by atoms with Crippen molar-refractivity contribution in [1.82, 2.24) is 4.90 Å². The van der Waals surface area contributed by atoms with E-state index in [9.17, 15) is 0 Å². The van der Waals surface area contributed by atoms with Gasteiger partial charge in [0.1, 0.15) is 0 Å². The fraction of sp³-hybridized carbons (Fsp3) is 1.00. The minimum atomic E-state index is 0.330. The Morgan fingerprint density at radius 3 is 2.40 bits per heavy atom. The first-order valence-corrected chi connectivity index (χ1v) is 6.59. The van der Waals surface area contributed by atoms with Crippen molar-refractivity contribution in [2.75, 3.05) is 19.6 Å². The van der Waals surface area contributed by atoms with Crippen molar-refractivity contribution >= 4 is 0 Å². The van der Waals surface area contributed by atoms with Gasteiger partial charge in [0, 0.05) is 12.6 Å². The number of nitrogens with zero attached hydrogens (tertiary/aromatic N) is 1. The maximum atomic E-state index is 5.89. The van der Waals surface area contributed by atoms with E-state index in [4.69, 9.17) is 5.73 Å². The van der Waals surface area contributed by atoms with E-state index in [1.165, 1.54) is 45.2 Å². The SMILES string of the molecule is CCCCN(CC(C)(CC)CN)C1CC1. The van der Waals surface area contributed by atoms with E-state index in [0.717, 1.165) is 12.6 Å². The zero-order valence-corrected chi connectivity index (χ0v) is 10.8. The van der Waals surface area contributed by atoms with Crippen LogP contribution in [0.1, 0.15) is 52.9 Å². The largest absolute Gasteiger partial charge is 0.330 e. The van der Waals surface area contributed by atoms with Crippen LogP contribution in [0, 0.1) is 5.41 Å². The van der Waals surface area contributed by atoms with Gasteiger partial charge in [0.05, 0.1) is 0 Å². The van der Waals surface area contributed by atoms with E-state index in [1.807, 2.05) is 0 Å². The molecule has 0 amide bonds. The average Bonchev–Trinajstić information content (AvgIpc) is 3.07. The highest BCUT2D eigenvalue weighted by Crippen LogP contribution is 2.31. The summed E-state index contributed by atoms with van der Waals surface area (Å²) in [4.78, 5) is 2.68. The summed E-state index contributed by atoms with van der Waals surface area (Å²) in [5, 5.41) is 0. The molecule has 0 aromatic rings. The van der Waals surface area contributed by atoms with Gasteiger partial charge < -0.3 is 5.73 Å². The van der Waals surface area contributed by atoms with Crippen LogP contribution < -0.4 is 5.73 Å². The van der Waals surface area contributed by atoms with E-state index in [-0.39, 0.29) is 0 Å². The number of hydrogen-bond acceptors (Lipinski definition) is 2. The fourth-order valence-electron chi connectivity index (χ4n) is 2.00. The second-order valence-electron chi connectivity index (χ2n) is 5.42. The van der Waals surface area contributed by atoms with Crippen molar-refractivity contribution < 1.29 is 0 Å². The average molecular weight is 212 g/mol. The topological polar surface area (TPSA) is 29.3 Å². The van der Waals surface area contributed by atoms with Crippen LogP contribution >= 0.6 is 0 Å². The molecule has 0 bridgehead atoms. The number of hydrogen-bond donors (Lipinski definition) is 1. The molecule has 2 heteroatoms. The van der Waals surface area contributed by atoms with Crippen molar-refractivity contribution in [2.45, 2.75) is 58.9 Å². The second-order valence-corrected chi connectivity index (χ2v) is 5.42. The summed E-state index contributed by atoms with van der Waals surface area (Å²) in [6.07, 6.45) is 6.65. The van der Waals surface area contributed by atoms with Crippen LogP contribution in [0.4, 0.5) is 0 Å². The predicted molar refractivity (Wildman–Crippen MR) is 67.0 cm³/mol. The molecule has 0 aromatic heterocycles. The lowest BCUT2D eigenvalue weighted by Gasteiger charge is -2.34. The third-order valence-corrected chi connectivity index (χ3v) is 3.79. The summed E-state index contributed by atoms with van der Waals surface area (Å²) in [5.74, 6) is 0. The summed E-state index contributed by atoms with van der Waals surface area (Å²) in [7, 11) is 0. The molecule has 1 saturated carbocycles. The molecule has 90 valence electrons. The second kappa shape index (κ2) is 5.86. The Balaban J connectivity index is 2.41. The Morgan fingerprint density at radius 2 is 2.00 bits per heavy atom. The first kappa shape index (κ1) is 13.0. The highest BCUT2D eigenvalue weighted by molar-refractivity contribution is 4.88. The molecule has 1 unspecified atom stereocenters. The molecule has 2 N–H and O–H groups in total. The van der Waals surface area contributed by atoms with Gasteiger partial charge in [0.15, 0.2) is 0 Å². The molecule has 0 radical (unpaired) electrons. The lowest BCUT2D eigenvalue weighted by Crippen LogP contribution is -2.41. The minimum Gasteiger partial charge on any atom is -0.330 e. The molecule has 15 heavy (non-hydrogen) atoms. The minimum absolute atomic E-state index is 0.330. The van der Waals surface area contributed by atoms with Gasteiger partial charge in [-0.25, -0.2) is 0 Å². The Bertz CT molecular complexity index is 171. The van der Waals surface area contributed by atoms with Gasteiger partial charge in [-0.1, -0.05) is 27.2 Å². The van der Waals surface area contributed by atoms with E-state index in [2.05, 4.69) is 25.7 Å². The highest BCUT2D eigenvalue weighted by atomic mass is 15.2. The molecule has 1 aliphatic rings. The monoisotopic (exact) mass is 212 g/mol. The Labute approximate surface area is 95.2 Å². The molecular formula is C13H28N2. The van der Waals surface area contributed by atoms with Gasteiger partial charge in [-0.15, -0.1) is 0 Å². The van der Waals surface area contributed by atoms with E-state index >= 15 is 0 Å². The van der Waals surface area contributed by atoms with Gasteiger partial charge in [0.25, 0.3) is 0 Å². The summed E-state index contributed by atoms with van der Waals surface area (Å²) < 4.78 is 0. The molecular weight excluding hydrogens is 184 g/mol. The summed E-state index contributed by atoms with van der Waals surface area (Å²) in [5.41, 5.74) is 6.22. The molecule has 0 saturated heterocycles. The molecule has 0 spiro atoms. The molecule has 1 rings (SSSR count). The quantitative estimate of drug-likeness (QED) is 0.670. The smallest absolute Gasteiger partial charge is 0.00966 e. The highest BCUT2D eigenvalue weighted by Gasteiger charge is 2.33. The third-order valence-electron chi connectivity index (χ3n) is 3.79. The van der Waals surface area contributed by atoms with Crippen LogP contribution in [-0.4, -0.2) is 30.6 Å². The van der Waals surface area contributed by atoms with Crippen LogP contribution in [-0.2, 0) is 0 Å². The number of rotatable bonds is 8. The normalized spacial score (nSPS) is 20.6. The zero-order chi connectivity index (χ0) is 11.3. The van der Waals surface area contributed by atoms with Crippen LogP contribution in [0.5, 0.6) is 0 Å². The van der Waals surface area contributed by atoms with E-state index in [1.54, 1.807) is 0 Å². The number of unbranched alkanes of at least 4 members (excludes halogenated alkanes) is 1. The fourth-order valence-corrected chi connectivity index (χ4v) is 2.00. The van der Waals surface area contributed by atoms with Crippen molar-refractivity contribution in [3.05, 3.63) is 0 Å². The lowest BCUT2D eigenvalue weighted by atomic mass is 9.87. The van der Waals surface area contributed by atoms with E-state index in [0.29, 0.717) is 5.41 Å². The van der Waals surface area contributed by atoms with Gasteiger partial charge in [0.2, 0.25) is 0 Å². The Hall–Kier alpha value is -0.0800. The molecule has 1 atom stereocenters. The first-order valence-electron chi connectivity index (χ1n) is 6.59. The van der Waals surface area contributed by atoms with Crippen molar-refractivity contribution in [3.8, 4) is 0 Å². The van der Waals surface area contributed by atoms with Crippen molar-refractivity contribution in [3.63, 3.8) is 0 Å². The van der Waals surface area contributed by atoms with Crippen LogP contribution in [0.2, 0.25) is 0 Å².